The SMILES string of the molecule is COc1ccc(C)cc1CC(=O)N=c1sc2cc(Br)ccc2n1C. The maximum absolute atomic E-state index is 12.4. The Morgan fingerprint density at radius 3 is 2.83 bits per heavy atom. The van der Waals surface area contributed by atoms with E-state index in [0.29, 0.717) is 10.6 Å². The van der Waals surface area contributed by atoms with Gasteiger partial charge in [0, 0.05) is 17.1 Å². The summed E-state index contributed by atoms with van der Waals surface area (Å²) >= 11 is 4.97. The zero-order valence-electron chi connectivity index (χ0n) is 13.7. The molecule has 3 aromatic rings. The molecule has 0 N–H and O–H groups in total. The first-order valence-corrected chi connectivity index (χ1v) is 9.05. The molecule has 0 bridgehead atoms. The average Bonchev–Trinajstić information content (AvgIpc) is 2.83. The molecule has 0 spiro atoms. The summed E-state index contributed by atoms with van der Waals surface area (Å²) in [5.74, 6) is 0.536. The van der Waals surface area contributed by atoms with Crippen molar-refractivity contribution in [3.8, 4) is 5.75 Å². The number of fused-ring (bicyclic) bond motifs is 1. The van der Waals surface area contributed by atoms with Gasteiger partial charge < -0.3 is 9.30 Å². The third-order valence-corrected chi connectivity index (χ3v) is 5.36. The Kier molecular flexibility index (Phi) is 4.87. The number of amides is 1. The van der Waals surface area contributed by atoms with Gasteiger partial charge in [-0.25, -0.2) is 0 Å². The molecule has 1 aromatic heterocycles. The molecule has 0 aliphatic carbocycles. The zero-order valence-corrected chi connectivity index (χ0v) is 16.1. The fourth-order valence-corrected chi connectivity index (χ4v) is 4.16. The molecule has 1 heterocycles. The van der Waals surface area contributed by atoms with Crippen LogP contribution in [0, 0.1) is 6.92 Å². The minimum Gasteiger partial charge on any atom is -0.496 e. The quantitative estimate of drug-likeness (QED) is 0.662. The summed E-state index contributed by atoms with van der Waals surface area (Å²) in [7, 11) is 3.53. The van der Waals surface area contributed by atoms with Crippen LogP contribution in [0.1, 0.15) is 11.1 Å². The Hall–Kier alpha value is -1.92. The van der Waals surface area contributed by atoms with Crippen molar-refractivity contribution in [2.75, 3.05) is 7.11 Å². The highest BCUT2D eigenvalue weighted by atomic mass is 79.9. The largest absolute Gasteiger partial charge is 0.496 e. The summed E-state index contributed by atoms with van der Waals surface area (Å²) < 4.78 is 9.38. The Morgan fingerprint density at radius 2 is 2.08 bits per heavy atom. The highest BCUT2D eigenvalue weighted by Crippen LogP contribution is 2.22. The second-order valence-corrected chi connectivity index (χ2v) is 7.48. The van der Waals surface area contributed by atoms with Crippen molar-refractivity contribution in [2.24, 2.45) is 12.0 Å². The molecule has 0 atom stereocenters. The van der Waals surface area contributed by atoms with Gasteiger partial charge in [0.15, 0.2) is 4.80 Å². The minimum absolute atomic E-state index is 0.180. The molecule has 0 aliphatic rings. The van der Waals surface area contributed by atoms with Crippen LogP contribution < -0.4 is 9.54 Å². The second-order valence-electron chi connectivity index (χ2n) is 5.55. The third-order valence-electron chi connectivity index (χ3n) is 3.77. The van der Waals surface area contributed by atoms with E-state index in [0.717, 1.165) is 25.8 Å². The van der Waals surface area contributed by atoms with E-state index in [-0.39, 0.29) is 12.3 Å². The maximum Gasteiger partial charge on any atom is 0.252 e. The van der Waals surface area contributed by atoms with E-state index in [1.54, 1.807) is 7.11 Å². The molecule has 3 rings (SSSR count). The molecular weight excluding hydrogens is 388 g/mol. The lowest BCUT2D eigenvalue weighted by Gasteiger charge is -2.07. The first-order valence-electron chi connectivity index (χ1n) is 7.44. The second kappa shape index (κ2) is 6.91. The fourth-order valence-electron chi connectivity index (χ4n) is 2.57. The first kappa shape index (κ1) is 16.9. The van der Waals surface area contributed by atoms with Gasteiger partial charge in [-0.15, -0.1) is 0 Å². The molecule has 0 aliphatic heterocycles. The molecular formula is C18H17BrN2O2S. The lowest BCUT2D eigenvalue weighted by atomic mass is 10.1. The number of thiazole rings is 1. The summed E-state index contributed by atoms with van der Waals surface area (Å²) in [5.41, 5.74) is 3.01. The minimum atomic E-state index is -0.180. The van der Waals surface area contributed by atoms with E-state index >= 15 is 0 Å². The van der Waals surface area contributed by atoms with Crippen molar-refractivity contribution in [3.05, 3.63) is 56.8 Å². The molecule has 0 fully saturated rings. The van der Waals surface area contributed by atoms with Gasteiger partial charge in [0.2, 0.25) is 0 Å². The van der Waals surface area contributed by atoms with Gasteiger partial charge in [0.1, 0.15) is 5.75 Å². The van der Waals surface area contributed by atoms with E-state index in [1.165, 1.54) is 11.3 Å². The predicted molar refractivity (Wildman–Crippen MR) is 101 cm³/mol. The normalized spacial score (nSPS) is 11.9. The summed E-state index contributed by atoms with van der Waals surface area (Å²) in [6, 6.07) is 11.9. The number of hydrogen-bond donors (Lipinski definition) is 0. The van der Waals surface area contributed by atoms with Crippen LogP contribution in [0.3, 0.4) is 0 Å². The Labute approximate surface area is 152 Å². The van der Waals surface area contributed by atoms with Crippen LogP contribution in [0.2, 0.25) is 0 Å². The highest BCUT2D eigenvalue weighted by Gasteiger charge is 2.10. The van der Waals surface area contributed by atoms with Crippen molar-refractivity contribution in [1.29, 1.82) is 0 Å². The first-order chi connectivity index (χ1) is 11.5. The van der Waals surface area contributed by atoms with Crippen molar-refractivity contribution in [3.63, 3.8) is 0 Å². The zero-order chi connectivity index (χ0) is 17.3. The van der Waals surface area contributed by atoms with Crippen LogP contribution in [0.4, 0.5) is 0 Å². The van der Waals surface area contributed by atoms with Gasteiger partial charge >= 0.3 is 0 Å². The van der Waals surface area contributed by atoms with E-state index in [2.05, 4.69) is 20.9 Å². The average molecular weight is 405 g/mol. The summed E-state index contributed by atoms with van der Waals surface area (Å²) in [4.78, 5) is 17.4. The standard InChI is InChI=1S/C18H17BrN2O2S/c1-11-4-7-15(23-3)12(8-11)9-17(22)20-18-21(2)14-6-5-13(19)10-16(14)24-18/h4-8,10H,9H2,1-3H3. The molecule has 124 valence electrons. The smallest absolute Gasteiger partial charge is 0.252 e. The van der Waals surface area contributed by atoms with Crippen LogP contribution in [-0.4, -0.2) is 17.6 Å². The van der Waals surface area contributed by atoms with E-state index in [9.17, 15) is 4.79 Å². The number of nitrogens with zero attached hydrogens (tertiary/aromatic N) is 2. The van der Waals surface area contributed by atoms with Crippen LogP contribution in [-0.2, 0) is 18.3 Å². The number of carbonyl (C=O) groups is 1. The van der Waals surface area contributed by atoms with Gasteiger partial charge in [-0.2, -0.15) is 4.99 Å². The molecule has 4 nitrogen and oxygen atoms in total. The number of ether oxygens (including phenoxy) is 1. The Balaban J connectivity index is 1.96. The lowest BCUT2D eigenvalue weighted by molar-refractivity contribution is -0.117. The summed E-state index contributed by atoms with van der Waals surface area (Å²) in [6.07, 6.45) is 0.225. The Morgan fingerprint density at radius 1 is 1.29 bits per heavy atom. The van der Waals surface area contributed by atoms with Crippen LogP contribution in [0.15, 0.2) is 45.9 Å². The maximum atomic E-state index is 12.4. The number of methoxy groups -OCH3 is 1. The van der Waals surface area contributed by atoms with E-state index in [1.807, 2.05) is 54.9 Å². The van der Waals surface area contributed by atoms with Crippen LogP contribution in [0.25, 0.3) is 10.2 Å². The third kappa shape index (κ3) is 3.44. The molecule has 6 heteroatoms. The fraction of sp³-hybridized carbons (Fsp3) is 0.222. The number of carbonyl (C=O) groups excluding carboxylic acids is 1. The van der Waals surface area contributed by atoms with Crippen LogP contribution in [0.5, 0.6) is 5.75 Å². The Bertz CT molecular complexity index is 988. The van der Waals surface area contributed by atoms with Gasteiger partial charge in [0.25, 0.3) is 5.91 Å². The number of benzene rings is 2. The van der Waals surface area contributed by atoms with Crippen molar-refractivity contribution in [2.45, 2.75) is 13.3 Å². The molecule has 0 saturated heterocycles. The van der Waals surface area contributed by atoms with Gasteiger partial charge in [-0.3, -0.25) is 4.79 Å². The molecule has 0 unspecified atom stereocenters. The van der Waals surface area contributed by atoms with Crippen molar-refractivity contribution >= 4 is 43.4 Å². The van der Waals surface area contributed by atoms with Gasteiger partial charge in [-0.05, 0) is 31.2 Å². The number of hydrogen-bond acceptors (Lipinski definition) is 3. The number of aryl methyl sites for hydroxylation is 2. The lowest BCUT2D eigenvalue weighted by Crippen LogP contribution is -2.14. The number of rotatable bonds is 3. The van der Waals surface area contributed by atoms with Crippen molar-refractivity contribution in [1.82, 2.24) is 4.57 Å². The van der Waals surface area contributed by atoms with Crippen LogP contribution >= 0.6 is 27.3 Å². The van der Waals surface area contributed by atoms with Crippen molar-refractivity contribution < 1.29 is 9.53 Å². The predicted octanol–water partition coefficient (Wildman–Crippen LogP) is 3.99. The van der Waals surface area contributed by atoms with Gasteiger partial charge in [-0.1, -0.05) is 45.0 Å². The summed E-state index contributed by atoms with van der Waals surface area (Å²) in [6.45, 7) is 1.99. The molecule has 24 heavy (non-hydrogen) atoms. The number of halogens is 1. The molecule has 0 radical (unpaired) electrons. The van der Waals surface area contributed by atoms with E-state index < -0.39 is 0 Å². The molecule has 2 aromatic carbocycles. The summed E-state index contributed by atoms with van der Waals surface area (Å²) in [5, 5.41) is 0. The monoisotopic (exact) mass is 404 g/mol. The molecule has 1 amide bonds. The number of aromatic nitrogens is 1. The molecule has 0 saturated carbocycles. The topological polar surface area (TPSA) is 43.6 Å². The van der Waals surface area contributed by atoms with E-state index in [4.69, 9.17) is 4.74 Å². The highest BCUT2D eigenvalue weighted by molar-refractivity contribution is 9.10. The van der Waals surface area contributed by atoms with Gasteiger partial charge in [0.05, 0.1) is 23.7 Å².